The van der Waals surface area contributed by atoms with Crippen molar-refractivity contribution >= 4 is 39.9 Å². The first-order valence-corrected chi connectivity index (χ1v) is 14.4. The highest BCUT2D eigenvalue weighted by atomic mass is 35.5. The normalized spacial score (nSPS) is 20.4. The second-order valence-electron chi connectivity index (χ2n) is 10.9. The standard InChI is InChI=1S/C27H30Cl2N6O2.C3H6O/c1-4-34(13-27(36)14-37-15-27)24-8-5-18(9-16(24)2)23-12-31-25-22(11-30)33-35(26(25)32-23)17(3)20-7-6-19(28)10-21(20)29;1-3(2)4/h5-7,10,12,16-17,24,36H,4,8-9,13-15H2,1-3H3;4H,1H2,2H3/t16?,17-,24?;/m1./s1. The summed E-state index contributed by atoms with van der Waals surface area (Å²) in [4.78, 5) is 11.9. The first kappa shape index (κ1) is 30.9. The molecule has 1 aliphatic carbocycles. The van der Waals surface area contributed by atoms with E-state index >= 15 is 0 Å². The van der Waals surface area contributed by atoms with Crippen LogP contribution in [0.1, 0.15) is 63.5 Å². The number of nitriles is 1. The molecular weight excluding hydrogens is 563 g/mol. The van der Waals surface area contributed by atoms with Gasteiger partial charge in [-0.25, -0.2) is 14.6 Å². The van der Waals surface area contributed by atoms with Crippen molar-refractivity contribution in [3.8, 4) is 6.07 Å². The first-order chi connectivity index (χ1) is 19.5. The van der Waals surface area contributed by atoms with Crippen molar-refractivity contribution in [2.75, 3.05) is 26.3 Å². The summed E-state index contributed by atoms with van der Waals surface area (Å²) in [6, 6.07) is 7.55. The van der Waals surface area contributed by atoms with Gasteiger partial charge in [0.1, 0.15) is 17.2 Å². The van der Waals surface area contributed by atoms with Crippen LogP contribution in [0.2, 0.25) is 10.0 Å². The molecule has 5 rings (SSSR count). The number of allylic oxidation sites excluding steroid dienone is 2. The third kappa shape index (κ3) is 6.91. The number of aliphatic hydroxyl groups is 2. The van der Waals surface area contributed by atoms with Crippen molar-refractivity contribution in [1.29, 1.82) is 5.26 Å². The Labute approximate surface area is 250 Å². The topological polar surface area (TPSA) is 120 Å². The van der Waals surface area contributed by atoms with Crippen LogP contribution in [-0.4, -0.2) is 72.8 Å². The minimum atomic E-state index is -0.739. The van der Waals surface area contributed by atoms with Gasteiger partial charge in [0.05, 0.1) is 36.9 Å². The van der Waals surface area contributed by atoms with Gasteiger partial charge in [0.2, 0.25) is 0 Å². The van der Waals surface area contributed by atoms with Crippen molar-refractivity contribution in [3.63, 3.8) is 0 Å². The number of aliphatic hydroxyl groups excluding tert-OH is 1. The van der Waals surface area contributed by atoms with Gasteiger partial charge in [-0.15, -0.1) is 0 Å². The molecule has 0 amide bonds. The number of hydrogen-bond acceptors (Lipinski definition) is 8. The number of benzene rings is 1. The second kappa shape index (κ2) is 12.9. The number of hydrogen-bond donors (Lipinski definition) is 2. The van der Waals surface area contributed by atoms with Gasteiger partial charge >= 0.3 is 0 Å². The third-order valence-corrected chi connectivity index (χ3v) is 8.10. The summed E-state index contributed by atoms with van der Waals surface area (Å²) in [6.45, 7) is 13.3. The van der Waals surface area contributed by atoms with Crippen molar-refractivity contribution in [3.05, 3.63) is 69.8 Å². The monoisotopic (exact) mass is 598 g/mol. The third-order valence-electron chi connectivity index (χ3n) is 7.54. The minimum absolute atomic E-state index is 0.167. The summed E-state index contributed by atoms with van der Waals surface area (Å²) in [7, 11) is 0. The predicted octanol–water partition coefficient (Wildman–Crippen LogP) is 5.96. The maximum absolute atomic E-state index is 10.6. The average molecular weight is 600 g/mol. The van der Waals surface area contributed by atoms with Gasteiger partial charge < -0.3 is 14.9 Å². The van der Waals surface area contributed by atoms with Crippen molar-refractivity contribution < 1.29 is 14.9 Å². The van der Waals surface area contributed by atoms with Gasteiger partial charge in [-0.3, -0.25) is 4.90 Å². The number of aromatic nitrogens is 4. The Kier molecular flexibility index (Phi) is 9.73. The molecule has 3 heterocycles. The SMILES string of the molecule is C=C(C)O.CCN(CC1(O)COC1)C1CC=C(c2cnc3c(C#N)nn([C@H](C)c4ccc(Cl)cc4Cl)c3n2)CC1C. The lowest BCUT2D eigenvalue weighted by Crippen LogP contribution is -2.59. The Morgan fingerprint density at radius 3 is 2.63 bits per heavy atom. The van der Waals surface area contributed by atoms with E-state index in [1.807, 2.05) is 13.0 Å². The highest BCUT2D eigenvalue weighted by molar-refractivity contribution is 6.35. The van der Waals surface area contributed by atoms with Gasteiger partial charge in [0.15, 0.2) is 11.3 Å². The summed E-state index contributed by atoms with van der Waals surface area (Å²) in [5.41, 5.74) is 3.25. The van der Waals surface area contributed by atoms with Crippen LogP contribution >= 0.6 is 23.2 Å². The summed E-state index contributed by atoms with van der Waals surface area (Å²) < 4.78 is 6.96. The highest BCUT2D eigenvalue weighted by Crippen LogP contribution is 2.35. The molecule has 2 N–H and O–H groups in total. The molecule has 1 fully saturated rings. The number of likely N-dealkylation sites (N-methyl/N-ethyl adjacent to an activating group) is 1. The van der Waals surface area contributed by atoms with Crippen LogP contribution in [0, 0.1) is 17.2 Å². The van der Waals surface area contributed by atoms with E-state index in [0.717, 1.165) is 36.2 Å². The molecule has 3 atom stereocenters. The molecule has 0 radical (unpaired) electrons. The summed E-state index contributed by atoms with van der Waals surface area (Å²) in [6.07, 6.45) is 5.67. The van der Waals surface area contributed by atoms with E-state index in [0.29, 0.717) is 52.9 Å². The van der Waals surface area contributed by atoms with Gasteiger partial charge in [0, 0.05) is 22.6 Å². The van der Waals surface area contributed by atoms with E-state index in [9.17, 15) is 10.4 Å². The molecule has 0 spiro atoms. The second-order valence-corrected chi connectivity index (χ2v) is 11.7. The van der Waals surface area contributed by atoms with Crippen LogP contribution in [0.25, 0.3) is 16.7 Å². The lowest BCUT2D eigenvalue weighted by atomic mass is 9.83. The Balaban J connectivity index is 0.000000909. The fourth-order valence-electron chi connectivity index (χ4n) is 5.43. The van der Waals surface area contributed by atoms with Crippen LogP contribution in [0.5, 0.6) is 0 Å². The molecule has 2 aliphatic rings. The highest BCUT2D eigenvalue weighted by Gasteiger charge is 2.40. The van der Waals surface area contributed by atoms with Gasteiger partial charge in [-0.1, -0.05) is 55.8 Å². The van der Waals surface area contributed by atoms with E-state index in [2.05, 4.69) is 47.6 Å². The number of nitrogens with zero attached hydrogens (tertiary/aromatic N) is 6. The fraction of sp³-hybridized carbons (Fsp3) is 0.467. The molecule has 0 saturated carbocycles. The molecular formula is C30H36Cl2N6O3. The van der Waals surface area contributed by atoms with E-state index in [1.54, 1.807) is 23.0 Å². The van der Waals surface area contributed by atoms with Crippen LogP contribution in [0.3, 0.4) is 0 Å². The Morgan fingerprint density at radius 1 is 1.37 bits per heavy atom. The van der Waals surface area contributed by atoms with Crippen LogP contribution in [-0.2, 0) is 4.74 Å². The first-order valence-electron chi connectivity index (χ1n) is 13.6. The Bertz CT molecular complexity index is 1490. The van der Waals surface area contributed by atoms with E-state index in [4.69, 9.17) is 38.0 Å². The molecule has 1 saturated heterocycles. The molecule has 218 valence electrons. The summed E-state index contributed by atoms with van der Waals surface area (Å²) in [5.74, 6) is 0.536. The lowest BCUT2D eigenvalue weighted by Gasteiger charge is -2.44. The zero-order chi connectivity index (χ0) is 29.9. The number of ether oxygens (including phenoxy) is 1. The molecule has 3 aromatic rings. The molecule has 9 nitrogen and oxygen atoms in total. The smallest absolute Gasteiger partial charge is 0.190 e. The van der Waals surface area contributed by atoms with Gasteiger partial charge in [0.25, 0.3) is 0 Å². The average Bonchev–Trinajstić information content (AvgIpc) is 3.28. The summed E-state index contributed by atoms with van der Waals surface area (Å²) >= 11 is 12.6. The van der Waals surface area contributed by atoms with E-state index < -0.39 is 5.60 Å². The number of fused-ring (bicyclic) bond motifs is 1. The van der Waals surface area contributed by atoms with Crippen LogP contribution < -0.4 is 0 Å². The van der Waals surface area contributed by atoms with Crippen molar-refractivity contribution in [2.45, 2.75) is 58.2 Å². The largest absolute Gasteiger partial charge is 0.513 e. The Morgan fingerprint density at radius 2 is 2.07 bits per heavy atom. The van der Waals surface area contributed by atoms with Crippen molar-refractivity contribution in [1.82, 2.24) is 24.6 Å². The van der Waals surface area contributed by atoms with Crippen LogP contribution in [0.15, 0.2) is 42.8 Å². The molecule has 2 unspecified atom stereocenters. The molecule has 1 aromatic carbocycles. The molecule has 1 aliphatic heterocycles. The summed E-state index contributed by atoms with van der Waals surface area (Å²) in [5, 5.41) is 33.8. The minimum Gasteiger partial charge on any atom is -0.513 e. The molecule has 2 aromatic heterocycles. The zero-order valence-electron chi connectivity index (χ0n) is 23.8. The molecule has 11 heteroatoms. The number of rotatable bonds is 7. The van der Waals surface area contributed by atoms with Crippen LogP contribution in [0.4, 0.5) is 0 Å². The Hall–Kier alpha value is -3.00. The fourth-order valence-corrected chi connectivity index (χ4v) is 6.00. The molecule has 0 bridgehead atoms. The van der Waals surface area contributed by atoms with E-state index in [1.165, 1.54) is 6.92 Å². The zero-order valence-corrected chi connectivity index (χ0v) is 25.3. The number of halogens is 2. The lowest BCUT2D eigenvalue weighted by molar-refractivity contribution is -0.190. The van der Waals surface area contributed by atoms with Gasteiger partial charge in [-0.2, -0.15) is 10.4 Å². The van der Waals surface area contributed by atoms with Gasteiger partial charge in [-0.05, 0) is 62.4 Å². The van der Waals surface area contributed by atoms with Crippen molar-refractivity contribution in [2.24, 2.45) is 5.92 Å². The maximum Gasteiger partial charge on any atom is 0.190 e. The quantitative estimate of drug-likeness (QED) is 0.320. The molecule has 41 heavy (non-hydrogen) atoms. The predicted molar refractivity (Wildman–Crippen MR) is 161 cm³/mol. The maximum atomic E-state index is 10.6. The van der Waals surface area contributed by atoms with E-state index in [-0.39, 0.29) is 17.5 Å².